The van der Waals surface area contributed by atoms with Crippen molar-refractivity contribution in [3.8, 4) is 0 Å². The number of amides is 1. The van der Waals surface area contributed by atoms with E-state index in [2.05, 4.69) is 5.32 Å². The van der Waals surface area contributed by atoms with Gasteiger partial charge >= 0.3 is 5.97 Å². The van der Waals surface area contributed by atoms with E-state index in [0.717, 1.165) is 12.5 Å². The third kappa shape index (κ3) is 2.87. The molecule has 6 heteroatoms. The van der Waals surface area contributed by atoms with Crippen LogP contribution < -0.4 is 5.32 Å². The lowest BCUT2D eigenvalue weighted by molar-refractivity contribution is -0.139. The molecule has 4 nitrogen and oxygen atoms in total. The average Bonchev–Trinajstić information content (AvgIpc) is 2.25. The molecule has 0 bridgehead atoms. The summed E-state index contributed by atoms with van der Waals surface area (Å²) in [6.45, 7) is 0. The summed E-state index contributed by atoms with van der Waals surface area (Å²) in [7, 11) is 0. The smallest absolute Gasteiger partial charge is 0.305 e. The summed E-state index contributed by atoms with van der Waals surface area (Å²) in [5.74, 6) is -2.36. The fraction of sp³-hybridized carbons (Fsp3) is 0.385. The molecular formula is C13H13ClFNO3. The predicted molar refractivity (Wildman–Crippen MR) is 67.7 cm³/mol. The van der Waals surface area contributed by atoms with Crippen LogP contribution in [-0.2, 0) is 4.79 Å². The van der Waals surface area contributed by atoms with E-state index in [1.165, 1.54) is 12.1 Å². The van der Waals surface area contributed by atoms with Crippen LogP contribution in [0.4, 0.5) is 4.39 Å². The Bertz CT molecular complexity index is 508. The Balaban J connectivity index is 2.19. The van der Waals surface area contributed by atoms with Crippen LogP contribution in [0.5, 0.6) is 0 Å². The van der Waals surface area contributed by atoms with Gasteiger partial charge in [-0.25, -0.2) is 4.39 Å². The van der Waals surface area contributed by atoms with Crippen molar-refractivity contribution < 1.29 is 19.1 Å². The molecule has 0 heterocycles. The monoisotopic (exact) mass is 285 g/mol. The summed E-state index contributed by atoms with van der Waals surface area (Å²) >= 11 is 5.80. The number of carbonyl (C=O) groups is 2. The molecule has 1 aromatic carbocycles. The largest absolute Gasteiger partial charge is 0.481 e. The van der Waals surface area contributed by atoms with Gasteiger partial charge < -0.3 is 10.4 Å². The molecule has 0 saturated heterocycles. The molecule has 0 aromatic heterocycles. The van der Waals surface area contributed by atoms with E-state index in [-0.39, 0.29) is 17.0 Å². The van der Waals surface area contributed by atoms with Crippen LogP contribution in [-0.4, -0.2) is 22.5 Å². The number of hydrogen-bond acceptors (Lipinski definition) is 2. The number of halogens is 2. The van der Waals surface area contributed by atoms with E-state index in [1.807, 2.05) is 0 Å². The highest BCUT2D eigenvalue weighted by atomic mass is 35.5. The average molecular weight is 286 g/mol. The maximum atomic E-state index is 13.6. The summed E-state index contributed by atoms with van der Waals surface area (Å²) in [5, 5.41) is 11.5. The van der Waals surface area contributed by atoms with Gasteiger partial charge in [0.2, 0.25) is 0 Å². The van der Waals surface area contributed by atoms with Gasteiger partial charge in [-0.15, -0.1) is 0 Å². The van der Waals surface area contributed by atoms with Gasteiger partial charge in [-0.1, -0.05) is 17.7 Å². The van der Waals surface area contributed by atoms with E-state index in [0.29, 0.717) is 12.8 Å². The molecule has 19 heavy (non-hydrogen) atoms. The van der Waals surface area contributed by atoms with Crippen molar-refractivity contribution in [2.24, 2.45) is 0 Å². The van der Waals surface area contributed by atoms with Crippen LogP contribution in [0.15, 0.2) is 18.2 Å². The van der Waals surface area contributed by atoms with E-state index in [1.54, 1.807) is 0 Å². The van der Waals surface area contributed by atoms with Gasteiger partial charge in [0.15, 0.2) is 0 Å². The van der Waals surface area contributed by atoms with Gasteiger partial charge in [-0.05, 0) is 31.4 Å². The predicted octanol–water partition coefficient (Wildman–Crippen LogP) is 2.61. The van der Waals surface area contributed by atoms with Gasteiger partial charge in [0.1, 0.15) is 5.82 Å². The molecule has 1 aliphatic rings. The molecule has 1 saturated carbocycles. The van der Waals surface area contributed by atoms with Crippen LogP contribution >= 0.6 is 11.6 Å². The molecule has 1 amide bonds. The van der Waals surface area contributed by atoms with Gasteiger partial charge in [-0.2, -0.15) is 0 Å². The second kappa shape index (κ2) is 5.17. The fourth-order valence-corrected chi connectivity index (χ4v) is 2.51. The lowest BCUT2D eigenvalue weighted by atomic mass is 9.74. The molecular weight excluding hydrogens is 273 g/mol. The molecule has 0 atom stereocenters. The minimum Gasteiger partial charge on any atom is -0.481 e. The highest BCUT2D eigenvalue weighted by Crippen LogP contribution is 2.35. The van der Waals surface area contributed by atoms with E-state index >= 15 is 0 Å². The number of hydrogen-bond donors (Lipinski definition) is 2. The van der Waals surface area contributed by atoms with Crippen LogP contribution in [0.1, 0.15) is 36.0 Å². The van der Waals surface area contributed by atoms with Gasteiger partial charge in [0.05, 0.1) is 22.5 Å². The van der Waals surface area contributed by atoms with Crippen LogP contribution in [0, 0.1) is 5.82 Å². The van der Waals surface area contributed by atoms with Crippen LogP contribution in [0.3, 0.4) is 0 Å². The fourth-order valence-electron chi connectivity index (χ4n) is 2.26. The number of benzene rings is 1. The molecule has 0 spiro atoms. The normalized spacial score (nSPS) is 16.5. The summed E-state index contributed by atoms with van der Waals surface area (Å²) in [4.78, 5) is 22.9. The molecule has 1 aliphatic carbocycles. The number of carboxylic acid groups (broad SMARTS) is 1. The van der Waals surface area contributed by atoms with Gasteiger partial charge in [0, 0.05) is 0 Å². The first kappa shape index (κ1) is 13.8. The Kier molecular flexibility index (Phi) is 3.75. The Labute approximate surface area is 114 Å². The Morgan fingerprint density at radius 2 is 2.11 bits per heavy atom. The number of nitrogens with one attached hydrogen (secondary N) is 1. The molecule has 2 N–H and O–H groups in total. The van der Waals surface area contributed by atoms with Crippen molar-refractivity contribution >= 4 is 23.5 Å². The van der Waals surface area contributed by atoms with Crippen molar-refractivity contribution in [1.82, 2.24) is 5.32 Å². The molecule has 1 fully saturated rings. The Morgan fingerprint density at radius 1 is 1.42 bits per heavy atom. The quantitative estimate of drug-likeness (QED) is 0.893. The van der Waals surface area contributed by atoms with Crippen LogP contribution in [0.25, 0.3) is 0 Å². The maximum Gasteiger partial charge on any atom is 0.305 e. The van der Waals surface area contributed by atoms with Crippen molar-refractivity contribution in [2.45, 2.75) is 31.2 Å². The third-order valence-corrected chi connectivity index (χ3v) is 3.68. The van der Waals surface area contributed by atoms with Crippen molar-refractivity contribution in [1.29, 1.82) is 0 Å². The highest BCUT2D eigenvalue weighted by molar-refractivity contribution is 6.33. The van der Waals surface area contributed by atoms with E-state index < -0.39 is 23.2 Å². The first-order valence-corrected chi connectivity index (χ1v) is 6.30. The molecule has 0 unspecified atom stereocenters. The second-order valence-electron chi connectivity index (χ2n) is 4.76. The highest BCUT2D eigenvalue weighted by Gasteiger charge is 2.41. The third-order valence-electron chi connectivity index (χ3n) is 3.37. The summed E-state index contributed by atoms with van der Waals surface area (Å²) in [6.07, 6.45) is 1.84. The zero-order valence-corrected chi connectivity index (χ0v) is 10.8. The lowest BCUT2D eigenvalue weighted by Gasteiger charge is -2.41. The summed E-state index contributed by atoms with van der Waals surface area (Å²) < 4.78 is 13.6. The zero-order chi connectivity index (χ0) is 14.0. The minimum atomic E-state index is -0.986. The van der Waals surface area contributed by atoms with E-state index in [9.17, 15) is 14.0 Å². The lowest BCUT2D eigenvalue weighted by Crippen LogP contribution is -2.54. The van der Waals surface area contributed by atoms with Crippen LogP contribution in [0.2, 0.25) is 5.02 Å². The number of carboxylic acids is 1. The Hall–Kier alpha value is -1.62. The van der Waals surface area contributed by atoms with Crippen molar-refractivity contribution in [2.75, 3.05) is 0 Å². The molecule has 102 valence electrons. The maximum absolute atomic E-state index is 13.6. The molecule has 0 aliphatic heterocycles. The molecule has 0 radical (unpaired) electrons. The standard InChI is InChI=1S/C13H13ClFNO3/c14-8-3-1-4-9(15)11(8)12(19)16-13(5-2-6-13)7-10(17)18/h1,3-4H,2,5-7H2,(H,16,19)(H,17,18). The molecule has 2 rings (SSSR count). The van der Waals surface area contributed by atoms with Gasteiger partial charge in [-0.3, -0.25) is 9.59 Å². The SMILES string of the molecule is O=C(O)CC1(NC(=O)c2c(F)cccc2Cl)CCC1. The summed E-state index contributed by atoms with van der Waals surface area (Å²) in [6, 6.07) is 3.97. The topological polar surface area (TPSA) is 66.4 Å². The van der Waals surface area contributed by atoms with Crippen molar-refractivity contribution in [3.05, 3.63) is 34.6 Å². The number of rotatable bonds is 4. The second-order valence-corrected chi connectivity index (χ2v) is 5.16. The number of aliphatic carboxylic acids is 1. The first-order valence-electron chi connectivity index (χ1n) is 5.92. The van der Waals surface area contributed by atoms with Gasteiger partial charge in [0.25, 0.3) is 5.91 Å². The molecule has 1 aromatic rings. The minimum absolute atomic E-state index is 0.0160. The Morgan fingerprint density at radius 3 is 2.58 bits per heavy atom. The first-order chi connectivity index (χ1) is 8.93. The zero-order valence-electron chi connectivity index (χ0n) is 10.1. The van der Waals surface area contributed by atoms with Crippen molar-refractivity contribution in [3.63, 3.8) is 0 Å². The summed E-state index contributed by atoms with van der Waals surface area (Å²) in [5.41, 5.74) is -1.00. The number of carbonyl (C=O) groups excluding carboxylic acids is 1. The van der Waals surface area contributed by atoms with E-state index in [4.69, 9.17) is 16.7 Å².